The summed E-state index contributed by atoms with van der Waals surface area (Å²) in [4.78, 5) is 7.02. The Kier molecular flexibility index (Phi) is 5.68. The smallest absolute Gasteiger partial charge is 0.208 e. The highest BCUT2D eigenvalue weighted by atomic mass is 32.2. The van der Waals surface area contributed by atoms with Crippen LogP contribution in [0.1, 0.15) is 17.4 Å². The fourth-order valence-electron chi connectivity index (χ4n) is 2.41. The Morgan fingerprint density at radius 2 is 1.88 bits per heavy atom. The second-order valence-corrected chi connectivity index (χ2v) is 9.63. The SMILES string of the molecule is CCc1ccc(-c2nc(-c3ccc(CCNS(C)(=O)=O)s3)cs2)cc1. The molecule has 0 aliphatic heterocycles. The van der Waals surface area contributed by atoms with E-state index in [-0.39, 0.29) is 0 Å². The van der Waals surface area contributed by atoms with Crippen LogP contribution < -0.4 is 4.72 Å². The van der Waals surface area contributed by atoms with Gasteiger partial charge in [-0.15, -0.1) is 22.7 Å². The summed E-state index contributed by atoms with van der Waals surface area (Å²) in [7, 11) is -3.13. The Morgan fingerprint density at radius 1 is 1.12 bits per heavy atom. The van der Waals surface area contributed by atoms with Gasteiger partial charge in [-0.25, -0.2) is 18.1 Å². The number of nitrogens with one attached hydrogen (secondary N) is 1. The third-order valence-electron chi connectivity index (χ3n) is 3.76. The molecule has 0 atom stereocenters. The molecule has 0 fully saturated rings. The minimum Gasteiger partial charge on any atom is -0.235 e. The number of thiazole rings is 1. The summed E-state index contributed by atoms with van der Waals surface area (Å²) in [5.74, 6) is 0. The van der Waals surface area contributed by atoms with Crippen LogP contribution in [-0.2, 0) is 22.9 Å². The molecule has 0 unspecified atom stereocenters. The first-order valence-corrected chi connectivity index (χ1v) is 11.6. The number of nitrogens with zero attached hydrogens (tertiary/aromatic N) is 1. The highest BCUT2D eigenvalue weighted by Crippen LogP contribution is 2.33. The molecule has 25 heavy (non-hydrogen) atoms. The normalized spacial score (nSPS) is 11.8. The van der Waals surface area contributed by atoms with Crippen LogP contribution in [0.4, 0.5) is 0 Å². The Morgan fingerprint density at radius 3 is 2.56 bits per heavy atom. The highest BCUT2D eigenvalue weighted by molar-refractivity contribution is 7.88. The van der Waals surface area contributed by atoms with Gasteiger partial charge in [0.15, 0.2) is 0 Å². The van der Waals surface area contributed by atoms with Crippen molar-refractivity contribution < 1.29 is 8.42 Å². The molecule has 2 aromatic heterocycles. The van der Waals surface area contributed by atoms with Crippen molar-refractivity contribution in [2.75, 3.05) is 12.8 Å². The van der Waals surface area contributed by atoms with E-state index >= 15 is 0 Å². The number of hydrogen-bond acceptors (Lipinski definition) is 5. The van der Waals surface area contributed by atoms with Crippen LogP contribution in [0.3, 0.4) is 0 Å². The molecule has 132 valence electrons. The fourth-order valence-corrected chi connectivity index (χ4v) is 4.75. The molecule has 1 aromatic carbocycles. The molecule has 0 spiro atoms. The number of benzene rings is 1. The van der Waals surface area contributed by atoms with Gasteiger partial charge in [-0.05, 0) is 30.5 Å². The molecule has 0 saturated heterocycles. The summed E-state index contributed by atoms with van der Waals surface area (Å²) in [6, 6.07) is 12.6. The zero-order valence-corrected chi connectivity index (χ0v) is 16.6. The topological polar surface area (TPSA) is 59.1 Å². The van der Waals surface area contributed by atoms with Gasteiger partial charge in [0, 0.05) is 22.4 Å². The van der Waals surface area contributed by atoms with Crippen molar-refractivity contribution in [1.29, 1.82) is 0 Å². The Balaban J connectivity index is 1.69. The van der Waals surface area contributed by atoms with E-state index in [1.54, 1.807) is 22.7 Å². The van der Waals surface area contributed by atoms with Crippen LogP contribution in [0.2, 0.25) is 0 Å². The van der Waals surface area contributed by atoms with Gasteiger partial charge in [-0.2, -0.15) is 0 Å². The Labute approximate surface area is 156 Å². The highest BCUT2D eigenvalue weighted by Gasteiger charge is 2.10. The third kappa shape index (κ3) is 4.98. The molecule has 3 aromatic rings. The molecule has 3 rings (SSSR count). The molecule has 0 aliphatic carbocycles. The summed E-state index contributed by atoms with van der Waals surface area (Å²) in [6.45, 7) is 2.57. The fraction of sp³-hybridized carbons (Fsp3) is 0.278. The summed E-state index contributed by atoms with van der Waals surface area (Å²) in [6.07, 6.45) is 2.90. The van der Waals surface area contributed by atoms with Crippen LogP contribution in [0.15, 0.2) is 41.8 Å². The van der Waals surface area contributed by atoms with Crippen molar-refractivity contribution in [3.05, 3.63) is 52.2 Å². The van der Waals surface area contributed by atoms with Crippen LogP contribution >= 0.6 is 22.7 Å². The number of sulfonamides is 1. The summed E-state index contributed by atoms with van der Waals surface area (Å²) >= 11 is 3.31. The van der Waals surface area contributed by atoms with Crippen molar-refractivity contribution in [3.63, 3.8) is 0 Å². The average Bonchev–Trinajstić information content (AvgIpc) is 3.23. The van der Waals surface area contributed by atoms with Gasteiger partial charge in [0.05, 0.1) is 16.8 Å². The van der Waals surface area contributed by atoms with Gasteiger partial charge < -0.3 is 0 Å². The quantitative estimate of drug-likeness (QED) is 0.656. The van der Waals surface area contributed by atoms with E-state index in [0.717, 1.165) is 32.4 Å². The van der Waals surface area contributed by atoms with Crippen molar-refractivity contribution in [3.8, 4) is 21.1 Å². The maximum atomic E-state index is 11.1. The maximum absolute atomic E-state index is 11.1. The lowest BCUT2D eigenvalue weighted by atomic mass is 10.1. The molecule has 2 heterocycles. The van der Waals surface area contributed by atoms with E-state index in [9.17, 15) is 8.42 Å². The van der Waals surface area contributed by atoms with Crippen LogP contribution in [0.25, 0.3) is 21.1 Å². The minimum absolute atomic E-state index is 0.422. The van der Waals surface area contributed by atoms with Gasteiger partial charge in [0.1, 0.15) is 5.01 Å². The second-order valence-electron chi connectivity index (χ2n) is 5.77. The van der Waals surface area contributed by atoms with Crippen molar-refractivity contribution in [2.45, 2.75) is 19.8 Å². The monoisotopic (exact) mass is 392 g/mol. The lowest BCUT2D eigenvalue weighted by Gasteiger charge is -1.99. The van der Waals surface area contributed by atoms with Crippen molar-refractivity contribution in [2.24, 2.45) is 0 Å². The standard InChI is InChI=1S/C18H20N2O2S3/c1-3-13-4-6-14(7-5-13)18-20-16(12-23-18)17-9-8-15(24-17)10-11-19-25(2,21)22/h4-9,12,19H,3,10-11H2,1-2H3. The zero-order valence-electron chi connectivity index (χ0n) is 14.2. The molecule has 0 radical (unpaired) electrons. The van der Waals surface area contributed by atoms with Crippen molar-refractivity contribution >= 4 is 32.7 Å². The molecule has 0 aliphatic rings. The Bertz CT molecular complexity index is 941. The van der Waals surface area contributed by atoms with Crippen LogP contribution in [0.5, 0.6) is 0 Å². The number of hydrogen-bond donors (Lipinski definition) is 1. The predicted octanol–water partition coefficient (Wildman–Crippen LogP) is 4.19. The first-order chi connectivity index (χ1) is 11.9. The van der Waals surface area contributed by atoms with E-state index in [4.69, 9.17) is 4.98 Å². The summed E-state index contributed by atoms with van der Waals surface area (Å²) < 4.78 is 24.7. The van der Waals surface area contributed by atoms with E-state index in [1.807, 2.05) is 6.07 Å². The molecular formula is C18H20N2O2S3. The lowest BCUT2D eigenvalue weighted by Crippen LogP contribution is -2.23. The number of aromatic nitrogens is 1. The largest absolute Gasteiger partial charge is 0.235 e. The second kappa shape index (κ2) is 7.78. The molecule has 0 saturated carbocycles. The van der Waals surface area contributed by atoms with E-state index in [0.29, 0.717) is 13.0 Å². The number of thiophene rings is 1. The van der Waals surface area contributed by atoms with Crippen LogP contribution in [-0.4, -0.2) is 26.2 Å². The average molecular weight is 393 g/mol. The molecule has 4 nitrogen and oxygen atoms in total. The molecule has 0 amide bonds. The first-order valence-electron chi connectivity index (χ1n) is 8.03. The van der Waals surface area contributed by atoms with Gasteiger partial charge in [-0.3, -0.25) is 0 Å². The van der Waals surface area contributed by atoms with Crippen molar-refractivity contribution in [1.82, 2.24) is 9.71 Å². The van der Waals surface area contributed by atoms with Crippen LogP contribution in [0, 0.1) is 0 Å². The third-order valence-corrected chi connectivity index (χ3v) is 6.55. The zero-order chi connectivity index (χ0) is 17.9. The first kappa shape index (κ1) is 18.3. The molecule has 1 N–H and O–H groups in total. The van der Waals surface area contributed by atoms with E-state index in [2.05, 4.69) is 47.4 Å². The molecular weight excluding hydrogens is 372 g/mol. The molecule has 7 heteroatoms. The van der Waals surface area contributed by atoms with Gasteiger partial charge in [0.2, 0.25) is 10.0 Å². The van der Waals surface area contributed by atoms with E-state index in [1.165, 1.54) is 11.8 Å². The minimum atomic E-state index is -3.13. The predicted molar refractivity (Wildman–Crippen MR) is 107 cm³/mol. The number of rotatable bonds is 7. The summed E-state index contributed by atoms with van der Waals surface area (Å²) in [5.41, 5.74) is 3.45. The maximum Gasteiger partial charge on any atom is 0.208 e. The lowest BCUT2D eigenvalue weighted by molar-refractivity contribution is 0.588. The van der Waals surface area contributed by atoms with Gasteiger partial charge >= 0.3 is 0 Å². The Hall–Kier alpha value is -1.54. The summed E-state index contributed by atoms with van der Waals surface area (Å²) in [5, 5.41) is 3.10. The van der Waals surface area contributed by atoms with E-state index < -0.39 is 10.0 Å². The van der Waals surface area contributed by atoms with Gasteiger partial charge in [0.25, 0.3) is 0 Å². The molecule has 0 bridgehead atoms. The number of aryl methyl sites for hydroxylation is 1. The van der Waals surface area contributed by atoms with Gasteiger partial charge in [-0.1, -0.05) is 31.2 Å².